The molecule has 0 radical (unpaired) electrons. The Hall–Kier alpha value is -1.42. The van der Waals surface area contributed by atoms with E-state index in [9.17, 15) is 0 Å². The van der Waals surface area contributed by atoms with Gasteiger partial charge in [0.25, 0.3) is 0 Å². The molecule has 0 saturated carbocycles. The van der Waals surface area contributed by atoms with Crippen LogP contribution in [0.25, 0.3) is 0 Å². The van der Waals surface area contributed by atoms with Crippen molar-refractivity contribution in [3.05, 3.63) is 40.5 Å². The highest BCUT2D eigenvalue weighted by Crippen LogP contribution is 2.21. The van der Waals surface area contributed by atoms with E-state index < -0.39 is 0 Å². The Bertz CT molecular complexity index is 425. The topological polar surface area (TPSA) is 37.8 Å². The quantitative estimate of drug-likeness (QED) is 0.862. The second kappa shape index (κ2) is 4.40. The van der Waals surface area contributed by atoms with Crippen LogP contribution in [0, 0.1) is 6.92 Å². The minimum Gasteiger partial charge on any atom is -0.361 e. The predicted octanol–water partition coefficient (Wildman–Crippen LogP) is 3.02. The average molecular weight is 219 g/mol. The zero-order valence-corrected chi connectivity index (χ0v) is 9.58. The summed E-state index contributed by atoms with van der Waals surface area (Å²) >= 11 is 1.65. The summed E-state index contributed by atoms with van der Waals surface area (Å²) < 4.78 is 0. The zero-order valence-electron chi connectivity index (χ0n) is 8.77. The van der Waals surface area contributed by atoms with Crippen LogP contribution < -0.4 is 5.32 Å². The number of aromatic nitrogens is 2. The molecule has 0 amide bonds. The smallest absolute Gasteiger partial charge is 0.129 e. The van der Waals surface area contributed by atoms with Crippen LogP contribution in [-0.4, -0.2) is 9.97 Å². The van der Waals surface area contributed by atoms with Crippen molar-refractivity contribution in [1.82, 2.24) is 9.97 Å². The van der Waals surface area contributed by atoms with Gasteiger partial charge < -0.3 is 5.32 Å². The van der Waals surface area contributed by atoms with E-state index in [1.807, 2.05) is 30.6 Å². The Morgan fingerprint density at radius 2 is 2.20 bits per heavy atom. The molecule has 0 bridgehead atoms. The molecule has 1 N–H and O–H groups in total. The minimum atomic E-state index is 0.207. The van der Waals surface area contributed by atoms with Crippen LogP contribution in [0.1, 0.15) is 23.5 Å². The number of aryl methyl sites for hydroxylation is 1. The van der Waals surface area contributed by atoms with Gasteiger partial charge in [0.1, 0.15) is 10.8 Å². The fraction of sp³-hybridized carbons (Fsp3) is 0.273. The first-order valence-corrected chi connectivity index (χ1v) is 5.73. The van der Waals surface area contributed by atoms with Gasteiger partial charge in [-0.15, -0.1) is 11.3 Å². The van der Waals surface area contributed by atoms with Crippen molar-refractivity contribution >= 4 is 17.2 Å². The molecular weight excluding hydrogens is 206 g/mol. The maximum atomic E-state index is 4.29. The van der Waals surface area contributed by atoms with Crippen molar-refractivity contribution in [2.75, 3.05) is 5.32 Å². The molecule has 1 unspecified atom stereocenters. The molecule has 0 aliphatic rings. The monoisotopic (exact) mass is 219 g/mol. The summed E-state index contributed by atoms with van der Waals surface area (Å²) in [6, 6.07) is 4.19. The maximum Gasteiger partial charge on any atom is 0.129 e. The maximum absolute atomic E-state index is 4.29. The number of thiazole rings is 1. The highest BCUT2D eigenvalue weighted by molar-refractivity contribution is 7.09. The Kier molecular flexibility index (Phi) is 2.97. The number of hydrogen-bond acceptors (Lipinski definition) is 4. The molecule has 0 aromatic carbocycles. The van der Waals surface area contributed by atoms with E-state index in [0.29, 0.717) is 0 Å². The van der Waals surface area contributed by atoms with Crippen molar-refractivity contribution in [1.29, 1.82) is 0 Å². The third-order valence-corrected chi connectivity index (χ3v) is 3.14. The van der Waals surface area contributed by atoms with E-state index in [0.717, 1.165) is 16.4 Å². The molecule has 0 saturated heterocycles. The lowest BCUT2D eigenvalue weighted by molar-refractivity contribution is 0.858. The highest BCUT2D eigenvalue weighted by atomic mass is 32.1. The minimum absolute atomic E-state index is 0.207. The van der Waals surface area contributed by atoms with Crippen LogP contribution in [0.3, 0.4) is 0 Å². The van der Waals surface area contributed by atoms with Crippen LogP contribution in [-0.2, 0) is 0 Å². The lowest BCUT2D eigenvalue weighted by Gasteiger charge is -2.13. The third kappa shape index (κ3) is 2.33. The number of anilines is 1. The van der Waals surface area contributed by atoms with Gasteiger partial charge in [-0.3, -0.25) is 0 Å². The molecule has 3 nitrogen and oxygen atoms in total. The number of nitrogens with zero attached hydrogens (tertiary/aromatic N) is 2. The lowest BCUT2D eigenvalue weighted by Crippen LogP contribution is -2.08. The van der Waals surface area contributed by atoms with Gasteiger partial charge in [0.2, 0.25) is 0 Å². The van der Waals surface area contributed by atoms with Crippen LogP contribution in [0.4, 0.5) is 5.82 Å². The summed E-state index contributed by atoms with van der Waals surface area (Å²) in [5, 5.41) is 6.42. The number of hydrogen-bond donors (Lipinski definition) is 1. The Morgan fingerprint density at radius 3 is 2.87 bits per heavy atom. The first-order chi connectivity index (χ1) is 7.27. The standard InChI is InChI=1S/C11H13N3S/c1-8-4-3-5-12-10(8)14-9(2)11-13-6-7-15-11/h3-7,9H,1-2H3,(H,12,14). The molecule has 4 heteroatoms. The molecule has 78 valence electrons. The van der Waals surface area contributed by atoms with Crippen molar-refractivity contribution in [2.24, 2.45) is 0 Å². The van der Waals surface area contributed by atoms with Crippen LogP contribution in [0.2, 0.25) is 0 Å². The van der Waals surface area contributed by atoms with Gasteiger partial charge in [-0.2, -0.15) is 0 Å². The van der Waals surface area contributed by atoms with E-state index in [2.05, 4.69) is 22.2 Å². The molecule has 2 aromatic heterocycles. The van der Waals surface area contributed by atoms with Crippen molar-refractivity contribution in [3.63, 3.8) is 0 Å². The first kappa shape index (κ1) is 10.1. The molecular formula is C11H13N3S. The summed E-state index contributed by atoms with van der Waals surface area (Å²) in [7, 11) is 0. The molecule has 2 aromatic rings. The van der Waals surface area contributed by atoms with Crippen LogP contribution in [0.5, 0.6) is 0 Å². The number of pyridine rings is 1. The third-order valence-electron chi connectivity index (χ3n) is 2.18. The second-order valence-corrected chi connectivity index (χ2v) is 4.33. The van der Waals surface area contributed by atoms with Crippen molar-refractivity contribution < 1.29 is 0 Å². The Labute approximate surface area is 93.2 Å². The van der Waals surface area contributed by atoms with Crippen LogP contribution in [0.15, 0.2) is 29.9 Å². The number of nitrogens with one attached hydrogen (secondary N) is 1. The molecule has 15 heavy (non-hydrogen) atoms. The fourth-order valence-corrected chi connectivity index (χ4v) is 2.00. The van der Waals surface area contributed by atoms with Gasteiger partial charge in [-0.1, -0.05) is 6.07 Å². The van der Waals surface area contributed by atoms with Crippen LogP contribution >= 0.6 is 11.3 Å². The van der Waals surface area contributed by atoms with Gasteiger partial charge in [0.15, 0.2) is 0 Å². The Balaban J connectivity index is 2.13. The average Bonchev–Trinajstić information content (AvgIpc) is 2.74. The summed E-state index contributed by atoms with van der Waals surface area (Å²) in [5.41, 5.74) is 1.15. The molecule has 2 rings (SSSR count). The summed E-state index contributed by atoms with van der Waals surface area (Å²) in [5.74, 6) is 0.931. The molecule has 0 spiro atoms. The van der Waals surface area contributed by atoms with E-state index in [1.165, 1.54) is 0 Å². The number of rotatable bonds is 3. The van der Waals surface area contributed by atoms with E-state index in [-0.39, 0.29) is 6.04 Å². The van der Waals surface area contributed by atoms with Gasteiger partial charge >= 0.3 is 0 Å². The second-order valence-electron chi connectivity index (χ2n) is 3.41. The summed E-state index contributed by atoms with van der Waals surface area (Å²) in [4.78, 5) is 8.56. The molecule has 0 aliphatic carbocycles. The first-order valence-electron chi connectivity index (χ1n) is 4.85. The zero-order chi connectivity index (χ0) is 10.7. The van der Waals surface area contributed by atoms with E-state index >= 15 is 0 Å². The molecule has 0 fully saturated rings. The summed E-state index contributed by atoms with van der Waals surface area (Å²) in [6.07, 6.45) is 3.62. The molecule has 0 aliphatic heterocycles. The SMILES string of the molecule is Cc1cccnc1NC(C)c1nccs1. The fourth-order valence-electron chi connectivity index (χ4n) is 1.35. The van der Waals surface area contributed by atoms with E-state index in [1.54, 1.807) is 17.5 Å². The highest BCUT2D eigenvalue weighted by Gasteiger charge is 2.09. The van der Waals surface area contributed by atoms with Gasteiger partial charge in [-0.05, 0) is 25.5 Å². The molecule has 2 heterocycles. The largest absolute Gasteiger partial charge is 0.361 e. The normalized spacial score (nSPS) is 12.4. The molecule has 1 atom stereocenters. The van der Waals surface area contributed by atoms with Gasteiger partial charge in [0, 0.05) is 17.8 Å². The van der Waals surface area contributed by atoms with Crippen molar-refractivity contribution in [2.45, 2.75) is 19.9 Å². The van der Waals surface area contributed by atoms with Gasteiger partial charge in [0.05, 0.1) is 6.04 Å². The van der Waals surface area contributed by atoms with Gasteiger partial charge in [-0.25, -0.2) is 9.97 Å². The van der Waals surface area contributed by atoms with E-state index in [4.69, 9.17) is 0 Å². The van der Waals surface area contributed by atoms with Crippen molar-refractivity contribution in [3.8, 4) is 0 Å². The predicted molar refractivity (Wildman–Crippen MR) is 63.1 cm³/mol. The summed E-state index contributed by atoms with van der Waals surface area (Å²) in [6.45, 7) is 4.14. The Morgan fingerprint density at radius 1 is 1.33 bits per heavy atom. The lowest BCUT2D eigenvalue weighted by atomic mass is 10.2.